The molecule has 0 bridgehead atoms. The summed E-state index contributed by atoms with van der Waals surface area (Å²) in [7, 11) is 0. The molecule has 2 N–H and O–H groups in total. The van der Waals surface area contributed by atoms with Crippen molar-refractivity contribution < 1.29 is 19.1 Å². The Morgan fingerprint density at radius 1 is 1.27 bits per heavy atom. The minimum atomic E-state index is -0.595. The Labute approximate surface area is 158 Å². The number of ketones is 1. The number of carbonyl (C=O) groups is 2. The number of halogens is 1. The van der Waals surface area contributed by atoms with Gasteiger partial charge in [0.25, 0.3) is 0 Å². The average molecular weight is 381 g/mol. The fraction of sp³-hybridized carbons (Fsp3) is 0.474. The van der Waals surface area contributed by atoms with Crippen molar-refractivity contribution in [3.8, 4) is 11.5 Å². The molecule has 1 aromatic rings. The van der Waals surface area contributed by atoms with Crippen LogP contribution in [0.5, 0.6) is 11.5 Å². The van der Waals surface area contributed by atoms with E-state index in [9.17, 15) is 9.59 Å². The highest BCUT2D eigenvalue weighted by molar-refractivity contribution is 6.32. The summed E-state index contributed by atoms with van der Waals surface area (Å²) < 4.78 is 11.5. The van der Waals surface area contributed by atoms with E-state index >= 15 is 0 Å². The topological polar surface area (TPSA) is 76.7 Å². The highest BCUT2D eigenvalue weighted by Crippen LogP contribution is 2.40. The Morgan fingerprint density at radius 3 is 2.62 bits per heavy atom. The van der Waals surface area contributed by atoms with Gasteiger partial charge < -0.3 is 20.1 Å². The zero-order valence-corrected chi connectivity index (χ0v) is 16.3. The summed E-state index contributed by atoms with van der Waals surface area (Å²) in [6, 6.07) is 2.51. The molecule has 1 aliphatic rings. The second kappa shape index (κ2) is 8.94. The zero-order valence-electron chi connectivity index (χ0n) is 15.6. The number of benzene rings is 1. The molecular weight excluding hydrogens is 356 g/mol. The predicted molar refractivity (Wildman–Crippen MR) is 101 cm³/mol. The van der Waals surface area contributed by atoms with Gasteiger partial charge in [0, 0.05) is 11.3 Å². The van der Waals surface area contributed by atoms with Crippen molar-refractivity contribution in [1.29, 1.82) is 0 Å². The molecule has 7 heteroatoms. The SMILES string of the molecule is CCCCOc1c(Cl)cc(C2NC(=O)NC(C)=C2C(C)=O)cc1OCC. The molecule has 0 saturated heterocycles. The summed E-state index contributed by atoms with van der Waals surface area (Å²) in [4.78, 5) is 24.0. The molecule has 142 valence electrons. The molecule has 1 unspecified atom stereocenters. The molecule has 0 radical (unpaired) electrons. The maximum absolute atomic E-state index is 12.1. The highest BCUT2D eigenvalue weighted by Gasteiger charge is 2.30. The molecule has 1 atom stereocenters. The molecule has 0 aliphatic carbocycles. The van der Waals surface area contributed by atoms with Crippen molar-refractivity contribution in [3.05, 3.63) is 34.0 Å². The third-order valence-corrected chi connectivity index (χ3v) is 4.34. The normalized spacial score (nSPS) is 16.8. The molecule has 0 spiro atoms. The van der Waals surface area contributed by atoms with Crippen molar-refractivity contribution in [2.24, 2.45) is 0 Å². The van der Waals surface area contributed by atoms with Gasteiger partial charge in [-0.2, -0.15) is 0 Å². The van der Waals surface area contributed by atoms with Gasteiger partial charge in [0.2, 0.25) is 0 Å². The van der Waals surface area contributed by atoms with E-state index in [4.69, 9.17) is 21.1 Å². The van der Waals surface area contributed by atoms with Crippen molar-refractivity contribution in [2.45, 2.75) is 46.6 Å². The van der Waals surface area contributed by atoms with Gasteiger partial charge >= 0.3 is 6.03 Å². The van der Waals surface area contributed by atoms with E-state index < -0.39 is 6.04 Å². The van der Waals surface area contributed by atoms with E-state index in [1.807, 2.05) is 6.92 Å². The predicted octanol–water partition coefficient (Wildman–Crippen LogP) is 4.13. The summed E-state index contributed by atoms with van der Waals surface area (Å²) in [6.07, 6.45) is 1.91. The van der Waals surface area contributed by atoms with E-state index in [1.54, 1.807) is 19.1 Å². The summed E-state index contributed by atoms with van der Waals surface area (Å²) in [5, 5.41) is 5.79. The van der Waals surface area contributed by atoms with Crippen LogP contribution in [0.15, 0.2) is 23.4 Å². The van der Waals surface area contributed by atoms with E-state index in [-0.39, 0.29) is 11.8 Å². The molecule has 1 aliphatic heterocycles. The Morgan fingerprint density at radius 2 is 2.00 bits per heavy atom. The molecule has 6 nitrogen and oxygen atoms in total. The van der Waals surface area contributed by atoms with Crippen molar-refractivity contribution in [3.63, 3.8) is 0 Å². The first-order valence-corrected chi connectivity index (χ1v) is 9.15. The lowest BCUT2D eigenvalue weighted by molar-refractivity contribution is -0.114. The largest absolute Gasteiger partial charge is 0.490 e. The minimum absolute atomic E-state index is 0.127. The molecule has 0 fully saturated rings. The van der Waals surface area contributed by atoms with E-state index in [1.165, 1.54) is 6.92 Å². The van der Waals surface area contributed by atoms with Crippen LogP contribution in [0.25, 0.3) is 0 Å². The summed E-state index contributed by atoms with van der Waals surface area (Å²) in [5.74, 6) is 0.854. The fourth-order valence-corrected chi connectivity index (χ4v) is 3.16. The number of ether oxygens (including phenoxy) is 2. The Hall–Kier alpha value is -2.21. The van der Waals surface area contributed by atoms with Gasteiger partial charge in [-0.05, 0) is 44.9 Å². The standard InChI is InChI=1S/C19H25ClN2O4/c1-5-7-8-26-18-14(20)9-13(10-15(18)25-6-2)17-16(12(4)23)11(3)21-19(24)22-17/h9-10,17H,5-8H2,1-4H3,(H2,21,22,24). The van der Waals surface area contributed by atoms with E-state index in [0.717, 1.165) is 12.8 Å². The van der Waals surface area contributed by atoms with Crippen molar-refractivity contribution >= 4 is 23.4 Å². The van der Waals surface area contributed by atoms with Gasteiger partial charge in [0.1, 0.15) is 0 Å². The lowest BCUT2D eigenvalue weighted by Gasteiger charge is -2.28. The van der Waals surface area contributed by atoms with Gasteiger partial charge in [0.15, 0.2) is 17.3 Å². The number of allylic oxidation sites excluding steroid dienone is 1. The monoisotopic (exact) mass is 380 g/mol. The second-order valence-corrected chi connectivity index (χ2v) is 6.50. The molecule has 1 aromatic carbocycles. The van der Waals surface area contributed by atoms with E-state index in [0.29, 0.717) is 46.6 Å². The summed E-state index contributed by atoms with van der Waals surface area (Å²) >= 11 is 6.43. The first-order valence-electron chi connectivity index (χ1n) is 8.77. The number of hydrogen-bond acceptors (Lipinski definition) is 4. The maximum Gasteiger partial charge on any atom is 0.319 e. The molecular formula is C19H25ClN2O4. The van der Waals surface area contributed by atoms with Crippen LogP contribution in [0.3, 0.4) is 0 Å². The van der Waals surface area contributed by atoms with Crippen LogP contribution in [-0.4, -0.2) is 25.0 Å². The van der Waals surface area contributed by atoms with Gasteiger partial charge in [0.05, 0.1) is 24.3 Å². The molecule has 26 heavy (non-hydrogen) atoms. The molecule has 0 aromatic heterocycles. The molecule has 2 amide bonds. The Bertz CT molecular complexity index is 730. The van der Waals surface area contributed by atoms with E-state index in [2.05, 4.69) is 17.6 Å². The number of urea groups is 1. The fourth-order valence-electron chi connectivity index (χ4n) is 2.89. The van der Waals surface area contributed by atoms with Crippen LogP contribution < -0.4 is 20.1 Å². The lowest BCUT2D eigenvalue weighted by Crippen LogP contribution is -2.44. The van der Waals surface area contributed by atoms with Gasteiger partial charge in [-0.3, -0.25) is 4.79 Å². The van der Waals surface area contributed by atoms with Crippen LogP contribution in [0.1, 0.15) is 52.1 Å². The average Bonchev–Trinajstić information content (AvgIpc) is 2.56. The zero-order chi connectivity index (χ0) is 19.3. The smallest absolute Gasteiger partial charge is 0.319 e. The van der Waals surface area contributed by atoms with Crippen molar-refractivity contribution in [1.82, 2.24) is 10.6 Å². The third kappa shape index (κ3) is 4.49. The van der Waals surface area contributed by atoms with Gasteiger partial charge in [-0.25, -0.2) is 4.79 Å². The molecule has 0 saturated carbocycles. The number of hydrogen-bond donors (Lipinski definition) is 2. The quantitative estimate of drug-likeness (QED) is 0.664. The Balaban J connectivity index is 2.47. The van der Waals surface area contributed by atoms with Gasteiger partial charge in [-0.15, -0.1) is 0 Å². The highest BCUT2D eigenvalue weighted by atomic mass is 35.5. The maximum atomic E-state index is 12.1. The van der Waals surface area contributed by atoms with Crippen molar-refractivity contribution in [2.75, 3.05) is 13.2 Å². The first kappa shape index (κ1) is 20.1. The van der Waals surface area contributed by atoms with Crippen LogP contribution in [0.2, 0.25) is 5.02 Å². The minimum Gasteiger partial charge on any atom is -0.490 e. The summed E-state index contributed by atoms with van der Waals surface area (Å²) in [5.41, 5.74) is 1.69. The lowest BCUT2D eigenvalue weighted by atomic mass is 9.93. The number of nitrogens with one attached hydrogen (secondary N) is 2. The third-order valence-electron chi connectivity index (χ3n) is 4.06. The molecule has 1 heterocycles. The van der Waals surface area contributed by atoms with Crippen LogP contribution in [0.4, 0.5) is 4.79 Å². The number of carbonyl (C=O) groups excluding carboxylic acids is 2. The molecule has 2 rings (SSSR count). The first-order chi connectivity index (χ1) is 12.4. The number of rotatable bonds is 8. The van der Waals surface area contributed by atoms with Gasteiger partial charge in [-0.1, -0.05) is 24.9 Å². The number of unbranched alkanes of at least 4 members (excludes halogenated alkanes) is 1. The van der Waals surface area contributed by atoms with Crippen LogP contribution in [-0.2, 0) is 4.79 Å². The number of Topliss-reactive ketones (excluding diaryl/α,β-unsaturated/α-hetero) is 1. The number of amides is 2. The Kier molecular flexibility index (Phi) is 6.91. The second-order valence-electron chi connectivity index (χ2n) is 6.09. The van der Waals surface area contributed by atoms with Crippen LogP contribution in [0, 0.1) is 0 Å². The van der Waals surface area contributed by atoms with Crippen LogP contribution >= 0.6 is 11.6 Å². The summed E-state index contributed by atoms with van der Waals surface area (Å²) in [6.45, 7) is 8.10.